The number of allylic oxidation sites excluding steroid dienone is 1. The third-order valence-electron chi connectivity index (χ3n) is 5.14. The second kappa shape index (κ2) is 10.6. The number of carbonyl (C=O) groups excluding carboxylic acids is 1. The summed E-state index contributed by atoms with van der Waals surface area (Å²) in [5.41, 5.74) is 3.22. The first kappa shape index (κ1) is 21.6. The number of imidazole rings is 1. The van der Waals surface area contributed by atoms with Crippen molar-refractivity contribution in [1.82, 2.24) is 14.9 Å². The quantitative estimate of drug-likeness (QED) is 0.352. The second-order valence-electron chi connectivity index (χ2n) is 7.41. The van der Waals surface area contributed by atoms with Gasteiger partial charge in [0.1, 0.15) is 11.6 Å². The first-order valence-corrected chi connectivity index (χ1v) is 10.7. The Labute approximate surface area is 178 Å². The number of amides is 1. The maximum atomic E-state index is 11.9. The largest absolute Gasteiger partial charge is 0.493 e. The molecule has 1 amide bonds. The fourth-order valence-corrected chi connectivity index (χ4v) is 3.59. The molecule has 0 saturated heterocycles. The molecular weight excluding hydrogens is 374 g/mol. The first-order valence-electron chi connectivity index (χ1n) is 10.7. The number of hydrogen-bond donors (Lipinski definition) is 1. The zero-order valence-corrected chi connectivity index (χ0v) is 17.9. The molecule has 0 saturated carbocycles. The molecule has 1 aromatic heterocycles. The van der Waals surface area contributed by atoms with Gasteiger partial charge < -0.3 is 14.6 Å². The van der Waals surface area contributed by atoms with Gasteiger partial charge in [0.25, 0.3) is 0 Å². The lowest BCUT2D eigenvalue weighted by Gasteiger charge is -2.16. The lowest BCUT2D eigenvalue weighted by atomic mass is 10.1. The number of aromatic nitrogens is 2. The standard InChI is InChI=1S/C25H31N3O2/c1-4-12-20-13-6-9-16-23(20)30-18-11-10-17-28-22-15-8-7-14-21(22)27-25(28)19(3)26-24(29)5-2/h4,6-9,13-16,19H,1,5,10-12,17-18H2,2-3H3,(H,26,29). The van der Waals surface area contributed by atoms with E-state index in [1.165, 1.54) is 0 Å². The van der Waals surface area contributed by atoms with Gasteiger partial charge >= 0.3 is 0 Å². The van der Waals surface area contributed by atoms with Crippen LogP contribution in [0.1, 0.15) is 50.5 Å². The molecule has 1 unspecified atom stereocenters. The van der Waals surface area contributed by atoms with E-state index in [0.29, 0.717) is 13.0 Å². The van der Waals surface area contributed by atoms with Crippen molar-refractivity contribution in [3.8, 4) is 5.75 Å². The van der Waals surface area contributed by atoms with Gasteiger partial charge in [-0.05, 0) is 49.9 Å². The Morgan fingerprint density at radius 3 is 2.77 bits per heavy atom. The summed E-state index contributed by atoms with van der Waals surface area (Å²) in [6.45, 7) is 9.16. The summed E-state index contributed by atoms with van der Waals surface area (Å²) in [7, 11) is 0. The van der Waals surface area contributed by atoms with Crippen LogP contribution >= 0.6 is 0 Å². The van der Waals surface area contributed by atoms with Crippen LogP contribution in [0.15, 0.2) is 61.2 Å². The molecule has 0 fully saturated rings. The molecule has 0 radical (unpaired) electrons. The summed E-state index contributed by atoms with van der Waals surface area (Å²) in [6, 6.07) is 16.1. The molecule has 2 aromatic carbocycles. The van der Waals surface area contributed by atoms with E-state index >= 15 is 0 Å². The highest BCUT2D eigenvalue weighted by atomic mass is 16.5. The van der Waals surface area contributed by atoms with Crippen molar-refractivity contribution in [3.05, 3.63) is 72.6 Å². The van der Waals surface area contributed by atoms with Crippen LogP contribution in [-0.4, -0.2) is 22.1 Å². The van der Waals surface area contributed by atoms with E-state index in [4.69, 9.17) is 9.72 Å². The normalized spacial score (nSPS) is 11.9. The van der Waals surface area contributed by atoms with Gasteiger partial charge in [-0.2, -0.15) is 0 Å². The van der Waals surface area contributed by atoms with E-state index in [9.17, 15) is 4.79 Å². The Hall–Kier alpha value is -3.08. The van der Waals surface area contributed by atoms with E-state index in [-0.39, 0.29) is 11.9 Å². The number of nitrogens with one attached hydrogen (secondary N) is 1. The van der Waals surface area contributed by atoms with Gasteiger partial charge in [0.05, 0.1) is 23.7 Å². The number of hydrogen-bond acceptors (Lipinski definition) is 3. The van der Waals surface area contributed by atoms with Gasteiger partial charge in [0.15, 0.2) is 0 Å². The Morgan fingerprint density at radius 2 is 1.97 bits per heavy atom. The average Bonchev–Trinajstić information content (AvgIpc) is 3.13. The van der Waals surface area contributed by atoms with Crippen LogP contribution in [-0.2, 0) is 17.8 Å². The van der Waals surface area contributed by atoms with Crippen molar-refractivity contribution >= 4 is 16.9 Å². The first-order chi connectivity index (χ1) is 14.6. The molecule has 30 heavy (non-hydrogen) atoms. The molecule has 5 nitrogen and oxygen atoms in total. The number of ether oxygens (including phenoxy) is 1. The minimum atomic E-state index is -0.133. The average molecular weight is 406 g/mol. The summed E-state index contributed by atoms with van der Waals surface area (Å²) in [5, 5.41) is 3.03. The van der Waals surface area contributed by atoms with Crippen LogP contribution in [0.25, 0.3) is 11.0 Å². The molecule has 0 spiro atoms. The van der Waals surface area contributed by atoms with Crippen molar-refractivity contribution in [2.75, 3.05) is 6.61 Å². The summed E-state index contributed by atoms with van der Waals surface area (Å²) in [4.78, 5) is 16.6. The van der Waals surface area contributed by atoms with E-state index in [2.05, 4.69) is 28.6 Å². The third-order valence-corrected chi connectivity index (χ3v) is 5.14. The molecule has 0 aliphatic carbocycles. The number of fused-ring (bicyclic) bond motifs is 1. The smallest absolute Gasteiger partial charge is 0.220 e. The molecule has 1 heterocycles. The van der Waals surface area contributed by atoms with Gasteiger partial charge in [0.2, 0.25) is 5.91 Å². The van der Waals surface area contributed by atoms with E-state index < -0.39 is 0 Å². The number of nitrogens with zero attached hydrogens (tertiary/aromatic N) is 2. The molecule has 1 N–H and O–H groups in total. The highest BCUT2D eigenvalue weighted by molar-refractivity contribution is 5.77. The van der Waals surface area contributed by atoms with Gasteiger partial charge in [0, 0.05) is 13.0 Å². The minimum absolute atomic E-state index is 0.0349. The number of carbonyl (C=O) groups is 1. The van der Waals surface area contributed by atoms with Crippen molar-refractivity contribution in [3.63, 3.8) is 0 Å². The molecule has 0 bridgehead atoms. The Bertz CT molecular complexity index is 993. The van der Waals surface area contributed by atoms with Crippen LogP contribution in [0.5, 0.6) is 5.75 Å². The van der Waals surface area contributed by atoms with Crippen LogP contribution < -0.4 is 10.1 Å². The topological polar surface area (TPSA) is 56.1 Å². The van der Waals surface area contributed by atoms with Crippen molar-refractivity contribution in [2.24, 2.45) is 0 Å². The maximum absolute atomic E-state index is 11.9. The number of benzene rings is 2. The van der Waals surface area contributed by atoms with Crippen LogP contribution in [0, 0.1) is 0 Å². The number of unbranched alkanes of at least 4 members (excludes halogenated alkanes) is 1. The number of aryl methyl sites for hydroxylation is 1. The zero-order valence-electron chi connectivity index (χ0n) is 17.9. The zero-order chi connectivity index (χ0) is 21.3. The molecule has 3 rings (SSSR count). The molecule has 5 heteroatoms. The predicted octanol–water partition coefficient (Wildman–Crippen LogP) is 5.21. The summed E-state index contributed by atoms with van der Waals surface area (Å²) in [6.07, 6.45) is 5.07. The van der Waals surface area contributed by atoms with Crippen LogP contribution in [0.2, 0.25) is 0 Å². The van der Waals surface area contributed by atoms with Crippen molar-refractivity contribution in [1.29, 1.82) is 0 Å². The van der Waals surface area contributed by atoms with Crippen LogP contribution in [0.4, 0.5) is 0 Å². The Balaban J connectivity index is 1.63. The second-order valence-corrected chi connectivity index (χ2v) is 7.41. The van der Waals surface area contributed by atoms with E-state index in [1.54, 1.807) is 0 Å². The molecule has 1 atom stereocenters. The fourth-order valence-electron chi connectivity index (χ4n) is 3.59. The Kier molecular flexibility index (Phi) is 7.66. The predicted molar refractivity (Wildman–Crippen MR) is 122 cm³/mol. The molecule has 3 aromatic rings. The Morgan fingerprint density at radius 1 is 1.20 bits per heavy atom. The number of rotatable bonds is 11. The molecular formula is C25H31N3O2. The van der Waals surface area contributed by atoms with Crippen molar-refractivity contribution < 1.29 is 9.53 Å². The SMILES string of the molecule is C=CCc1ccccc1OCCCCn1c(C(C)NC(=O)CC)nc2ccccc21. The summed E-state index contributed by atoms with van der Waals surface area (Å²) < 4.78 is 8.24. The highest BCUT2D eigenvalue weighted by Gasteiger charge is 2.17. The van der Waals surface area contributed by atoms with E-state index in [0.717, 1.165) is 54.0 Å². The molecule has 0 aliphatic heterocycles. The van der Waals surface area contributed by atoms with Gasteiger partial charge in [-0.25, -0.2) is 4.98 Å². The van der Waals surface area contributed by atoms with Crippen molar-refractivity contribution in [2.45, 2.75) is 52.1 Å². The van der Waals surface area contributed by atoms with Gasteiger partial charge in [-0.1, -0.05) is 43.3 Å². The highest BCUT2D eigenvalue weighted by Crippen LogP contribution is 2.22. The monoisotopic (exact) mass is 405 g/mol. The summed E-state index contributed by atoms with van der Waals surface area (Å²) in [5.74, 6) is 1.87. The van der Waals surface area contributed by atoms with E-state index in [1.807, 2.05) is 56.3 Å². The van der Waals surface area contributed by atoms with Gasteiger partial charge in [-0.3, -0.25) is 4.79 Å². The summed E-state index contributed by atoms with van der Waals surface area (Å²) >= 11 is 0. The molecule has 158 valence electrons. The maximum Gasteiger partial charge on any atom is 0.220 e. The lowest BCUT2D eigenvalue weighted by Crippen LogP contribution is -2.28. The molecule has 0 aliphatic rings. The minimum Gasteiger partial charge on any atom is -0.493 e. The third kappa shape index (κ3) is 5.29. The van der Waals surface area contributed by atoms with Crippen LogP contribution in [0.3, 0.4) is 0 Å². The number of para-hydroxylation sites is 3. The fraction of sp³-hybridized carbons (Fsp3) is 0.360. The van der Waals surface area contributed by atoms with Gasteiger partial charge in [-0.15, -0.1) is 6.58 Å². The lowest BCUT2D eigenvalue weighted by molar-refractivity contribution is -0.121.